The first-order valence-corrected chi connectivity index (χ1v) is 7.96. The zero-order valence-corrected chi connectivity index (χ0v) is 13.5. The van der Waals surface area contributed by atoms with Crippen molar-refractivity contribution in [2.45, 2.75) is 6.18 Å². The molecule has 0 fully saturated rings. The SMILES string of the molecule is Cn1cc2c3cc(C(=O)O)sc3n(-c3ccc(C(F)(F)F)cc3)c2n1. The van der Waals surface area contributed by atoms with Crippen molar-refractivity contribution in [1.82, 2.24) is 14.3 Å². The second kappa shape index (κ2) is 5.09. The molecule has 0 radical (unpaired) electrons. The minimum absolute atomic E-state index is 0.163. The second-order valence-electron chi connectivity index (χ2n) is 5.55. The molecule has 5 nitrogen and oxygen atoms in total. The van der Waals surface area contributed by atoms with Gasteiger partial charge in [-0.2, -0.15) is 18.3 Å². The Morgan fingerprint density at radius 1 is 1.20 bits per heavy atom. The van der Waals surface area contributed by atoms with E-state index in [9.17, 15) is 23.1 Å². The highest BCUT2D eigenvalue weighted by Gasteiger charge is 2.30. The van der Waals surface area contributed by atoms with E-state index in [-0.39, 0.29) is 4.88 Å². The number of aromatic nitrogens is 3. The number of aryl methyl sites for hydroxylation is 1. The Kier molecular flexibility index (Phi) is 3.20. The van der Waals surface area contributed by atoms with Crippen LogP contribution in [-0.4, -0.2) is 25.4 Å². The molecule has 1 N–H and O–H groups in total. The fourth-order valence-electron chi connectivity index (χ4n) is 2.81. The van der Waals surface area contributed by atoms with Crippen molar-refractivity contribution in [2.75, 3.05) is 0 Å². The maximum absolute atomic E-state index is 12.8. The van der Waals surface area contributed by atoms with Crippen molar-refractivity contribution in [3.8, 4) is 5.69 Å². The molecule has 128 valence electrons. The predicted molar refractivity (Wildman–Crippen MR) is 87.4 cm³/mol. The molecule has 25 heavy (non-hydrogen) atoms. The topological polar surface area (TPSA) is 60.1 Å². The van der Waals surface area contributed by atoms with Crippen LogP contribution < -0.4 is 0 Å². The number of hydrogen-bond acceptors (Lipinski definition) is 3. The van der Waals surface area contributed by atoms with Gasteiger partial charge in [0.05, 0.1) is 5.56 Å². The maximum atomic E-state index is 12.8. The van der Waals surface area contributed by atoms with E-state index in [1.807, 2.05) is 0 Å². The first kappa shape index (κ1) is 15.7. The number of benzene rings is 1. The Morgan fingerprint density at radius 3 is 2.48 bits per heavy atom. The van der Waals surface area contributed by atoms with Gasteiger partial charge < -0.3 is 5.11 Å². The molecule has 3 heterocycles. The van der Waals surface area contributed by atoms with Crippen LogP contribution >= 0.6 is 11.3 Å². The van der Waals surface area contributed by atoms with Crippen LogP contribution in [0.15, 0.2) is 36.5 Å². The third-order valence-corrected chi connectivity index (χ3v) is 5.00. The number of alkyl halides is 3. The molecular formula is C16H10F3N3O2S. The molecule has 1 aromatic carbocycles. The maximum Gasteiger partial charge on any atom is 0.416 e. The summed E-state index contributed by atoms with van der Waals surface area (Å²) in [4.78, 5) is 12.1. The van der Waals surface area contributed by atoms with E-state index in [0.29, 0.717) is 21.6 Å². The lowest BCUT2D eigenvalue weighted by atomic mass is 10.2. The van der Waals surface area contributed by atoms with Crippen molar-refractivity contribution in [2.24, 2.45) is 7.05 Å². The van der Waals surface area contributed by atoms with Gasteiger partial charge in [0.1, 0.15) is 9.71 Å². The molecule has 0 saturated carbocycles. The number of halogens is 3. The van der Waals surface area contributed by atoms with Crippen molar-refractivity contribution in [3.63, 3.8) is 0 Å². The Bertz CT molecular complexity index is 1120. The molecule has 3 aromatic heterocycles. The summed E-state index contributed by atoms with van der Waals surface area (Å²) in [6.45, 7) is 0. The number of thiophene rings is 1. The van der Waals surface area contributed by atoms with Crippen LogP contribution in [0.5, 0.6) is 0 Å². The average molecular weight is 365 g/mol. The summed E-state index contributed by atoms with van der Waals surface area (Å²) in [7, 11) is 1.73. The molecule has 9 heteroatoms. The number of hydrogen-bond donors (Lipinski definition) is 1. The summed E-state index contributed by atoms with van der Waals surface area (Å²) in [6, 6.07) is 6.28. The van der Waals surface area contributed by atoms with E-state index in [2.05, 4.69) is 5.10 Å². The number of carbonyl (C=O) groups is 1. The van der Waals surface area contributed by atoms with Crippen molar-refractivity contribution in [1.29, 1.82) is 0 Å². The average Bonchev–Trinajstić information content (AvgIpc) is 3.16. The van der Waals surface area contributed by atoms with Crippen LogP contribution in [0.1, 0.15) is 15.2 Å². The zero-order valence-electron chi connectivity index (χ0n) is 12.7. The van der Waals surface area contributed by atoms with Crippen LogP contribution in [0.2, 0.25) is 0 Å². The molecule has 0 aliphatic heterocycles. The normalized spacial score (nSPS) is 12.3. The molecule has 0 aliphatic carbocycles. The van der Waals surface area contributed by atoms with Crippen LogP contribution in [0.3, 0.4) is 0 Å². The fraction of sp³-hybridized carbons (Fsp3) is 0.125. The Morgan fingerprint density at radius 2 is 1.88 bits per heavy atom. The summed E-state index contributed by atoms with van der Waals surface area (Å²) in [5, 5.41) is 15.0. The van der Waals surface area contributed by atoms with Gasteiger partial charge >= 0.3 is 12.1 Å². The molecule has 0 amide bonds. The fourth-order valence-corrected chi connectivity index (χ4v) is 3.85. The van der Waals surface area contributed by atoms with Gasteiger partial charge in [0, 0.05) is 29.7 Å². The van der Waals surface area contributed by atoms with E-state index < -0.39 is 17.7 Å². The number of carboxylic acid groups (broad SMARTS) is 1. The Labute approximate surface area is 142 Å². The lowest BCUT2D eigenvalue weighted by Gasteiger charge is -2.09. The lowest BCUT2D eigenvalue weighted by molar-refractivity contribution is -0.137. The molecule has 0 aliphatic rings. The minimum Gasteiger partial charge on any atom is -0.477 e. The summed E-state index contributed by atoms with van der Waals surface area (Å²) >= 11 is 1.06. The minimum atomic E-state index is -4.41. The molecule has 0 saturated heterocycles. The molecule has 0 spiro atoms. The first-order valence-electron chi connectivity index (χ1n) is 7.14. The van der Waals surface area contributed by atoms with Crippen LogP contribution in [0, 0.1) is 0 Å². The molecule has 0 unspecified atom stereocenters. The molecule has 0 bridgehead atoms. The van der Waals surface area contributed by atoms with Crippen molar-refractivity contribution >= 4 is 38.6 Å². The van der Waals surface area contributed by atoms with Gasteiger partial charge in [-0.15, -0.1) is 11.3 Å². The highest BCUT2D eigenvalue weighted by Crippen LogP contribution is 2.37. The third-order valence-electron chi connectivity index (χ3n) is 3.89. The van der Waals surface area contributed by atoms with Gasteiger partial charge in [-0.3, -0.25) is 9.25 Å². The first-order chi connectivity index (χ1) is 11.8. The van der Waals surface area contributed by atoms with Gasteiger partial charge in [-0.25, -0.2) is 4.79 Å². The van der Waals surface area contributed by atoms with Gasteiger partial charge in [-0.05, 0) is 30.3 Å². The number of nitrogens with zero attached hydrogens (tertiary/aromatic N) is 3. The largest absolute Gasteiger partial charge is 0.477 e. The van der Waals surface area contributed by atoms with Gasteiger partial charge in [0.15, 0.2) is 5.65 Å². The van der Waals surface area contributed by atoms with E-state index in [0.717, 1.165) is 28.9 Å². The number of carboxylic acids is 1. The second-order valence-corrected chi connectivity index (χ2v) is 6.59. The smallest absolute Gasteiger partial charge is 0.416 e. The zero-order chi connectivity index (χ0) is 17.9. The lowest BCUT2D eigenvalue weighted by Crippen LogP contribution is -2.05. The Balaban J connectivity index is 1.99. The van der Waals surface area contributed by atoms with Crippen molar-refractivity contribution < 1.29 is 23.1 Å². The van der Waals surface area contributed by atoms with Crippen LogP contribution in [0.4, 0.5) is 13.2 Å². The third kappa shape index (κ3) is 2.39. The van der Waals surface area contributed by atoms with Crippen LogP contribution in [0.25, 0.3) is 26.9 Å². The van der Waals surface area contributed by atoms with Gasteiger partial charge in [0.25, 0.3) is 0 Å². The molecule has 4 aromatic rings. The monoisotopic (exact) mass is 365 g/mol. The summed E-state index contributed by atoms with van der Waals surface area (Å²) in [5.41, 5.74) is 0.320. The predicted octanol–water partition coefficient (Wildman–Crippen LogP) is 4.30. The molecule has 0 atom stereocenters. The quantitative estimate of drug-likeness (QED) is 0.576. The summed E-state index contributed by atoms with van der Waals surface area (Å²) in [6.07, 6.45) is -2.65. The summed E-state index contributed by atoms with van der Waals surface area (Å²) in [5.74, 6) is -1.04. The van der Waals surface area contributed by atoms with Crippen molar-refractivity contribution in [3.05, 3.63) is 47.0 Å². The standard InChI is InChI=1S/C16H10F3N3O2S/c1-21-7-11-10-6-12(15(23)24)25-14(10)22(13(11)20-21)9-4-2-8(3-5-9)16(17,18)19/h2-7H,1H3,(H,23,24). The molecular weight excluding hydrogens is 355 g/mol. The van der Waals surface area contributed by atoms with E-state index in [4.69, 9.17) is 0 Å². The van der Waals surface area contributed by atoms with Crippen LogP contribution in [-0.2, 0) is 13.2 Å². The van der Waals surface area contributed by atoms with E-state index >= 15 is 0 Å². The molecule has 4 rings (SSSR count). The van der Waals surface area contributed by atoms with E-state index in [1.54, 1.807) is 28.6 Å². The Hall–Kier alpha value is -2.81. The van der Waals surface area contributed by atoms with Gasteiger partial charge in [-0.1, -0.05) is 0 Å². The van der Waals surface area contributed by atoms with E-state index in [1.165, 1.54) is 12.1 Å². The van der Waals surface area contributed by atoms with Gasteiger partial charge in [0.2, 0.25) is 0 Å². The number of aromatic carboxylic acids is 1. The highest BCUT2D eigenvalue weighted by molar-refractivity contribution is 7.20. The number of fused-ring (bicyclic) bond motifs is 3. The summed E-state index contributed by atoms with van der Waals surface area (Å²) < 4.78 is 41.6. The highest BCUT2D eigenvalue weighted by atomic mass is 32.1. The number of rotatable bonds is 2.